The van der Waals surface area contributed by atoms with E-state index < -0.39 is 0 Å². The zero-order chi connectivity index (χ0) is 19.1. The van der Waals surface area contributed by atoms with E-state index in [9.17, 15) is 0 Å². The molecule has 3 nitrogen and oxygen atoms in total. The van der Waals surface area contributed by atoms with Gasteiger partial charge in [-0.15, -0.1) is 0 Å². The molecule has 0 N–H and O–H groups in total. The number of aryl methyl sites for hydroxylation is 2. The first kappa shape index (κ1) is 16.6. The van der Waals surface area contributed by atoms with Crippen LogP contribution in [-0.2, 0) is 7.05 Å². The Balaban J connectivity index is 1.81. The molecule has 0 aliphatic carbocycles. The molecule has 0 aliphatic rings. The smallest absolute Gasteiger partial charge is 0.229 e. The summed E-state index contributed by atoms with van der Waals surface area (Å²) in [6, 6.07) is 26.2. The predicted molar refractivity (Wildman–Crippen MR) is 114 cm³/mol. The molecule has 0 saturated heterocycles. The number of nitrogens with zero attached hydrogens (tertiary/aromatic N) is 3. The fraction of sp³-hybridized carbons (Fsp3) is 0.0800. The Kier molecular flexibility index (Phi) is 3.87. The average molecular weight is 362 g/mol. The van der Waals surface area contributed by atoms with Crippen LogP contribution in [0.3, 0.4) is 0 Å². The molecule has 0 saturated carbocycles. The summed E-state index contributed by atoms with van der Waals surface area (Å²) in [7, 11) is 2.00. The lowest BCUT2D eigenvalue weighted by Crippen LogP contribution is -2.31. The second kappa shape index (κ2) is 6.54. The highest BCUT2D eigenvalue weighted by Crippen LogP contribution is 2.36. The summed E-state index contributed by atoms with van der Waals surface area (Å²) in [5.74, 6) is 0. The highest BCUT2D eigenvalue weighted by atomic mass is 15.2. The fourth-order valence-electron chi connectivity index (χ4n) is 3.97. The molecule has 0 unspecified atom stereocenters. The van der Waals surface area contributed by atoms with Crippen molar-refractivity contribution in [1.82, 2.24) is 10.2 Å². The first-order valence-electron chi connectivity index (χ1n) is 9.40. The van der Waals surface area contributed by atoms with E-state index >= 15 is 0 Å². The molecule has 4 aromatic carbocycles. The zero-order valence-corrected chi connectivity index (χ0v) is 15.9. The molecule has 5 aromatic rings. The molecule has 0 spiro atoms. The largest absolute Gasteiger partial charge is 0.314 e. The SMILES string of the molecule is Cc1ccc(-c2cccc3ccc4ccccc4c23)cc1-c1cnnc[n+]1C. The fourth-order valence-corrected chi connectivity index (χ4v) is 3.97. The van der Waals surface area contributed by atoms with Gasteiger partial charge in [0.2, 0.25) is 0 Å². The van der Waals surface area contributed by atoms with Crippen molar-refractivity contribution in [2.24, 2.45) is 7.05 Å². The van der Waals surface area contributed by atoms with Crippen LogP contribution in [0, 0.1) is 6.92 Å². The third kappa shape index (κ3) is 2.64. The molecule has 1 aromatic heterocycles. The first-order chi connectivity index (χ1) is 13.7. The monoisotopic (exact) mass is 362 g/mol. The van der Waals surface area contributed by atoms with Gasteiger partial charge in [0.15, 0.2) is 5.69 Å². The predicted octanol–water partition coefficient (Wildman–Crippen LogP) is 5.25. The number of aromatic nitrogens is 3. The van der Waals surface area contributed by atoms with E-state index in [0.29, 0.717) is 0 Å². The van der Waals surface area contributed by atoms with Gasteiger partial charge in [0.05, 0.1) is 12.1 Å². The van der Waals surface area contributed by atoms with Gasteiger partial charge in [-0.2, -0.15) is 0 Å². The van der Waals surface area contributed by atoms with Crippen molar-refractivity contribution < 1.29 is 4.57 Å². The number of rotatable bonds is 2. The molecule has 0 bridgehead atoms. The van der Waals surface area contributed by atoms with Crippen molar-refractivity contribution >= 4 is 21.5 Å². The van der Waals surface area contributed by atoms with Crippen LogP contribution < -0.4 is 4.57 Å². The average Bonchev–Trinajstić information content (AvgIpc) is 2.74. The van der Waals surface area contributed by atoms with Gasteiger partial charge in [0, 0.05) is 5.56 Å². The molecule has 134 valence electrons. The Bertz CT molecular complexity index is 1340. The molecule has 0 aliphatic heterocycles. The summed E-state index contributed by atoms with van der Waals surface area (Å²) in [5.41, 5.74) is 5.91. The molecule has 5 rings (SSSR count). The number of hydrogen-bond donors (Lipinski definition) is 0. The Morgan fingerprint density at radius 1 is 0.750 bits per heavy atom. The summed E-state index contributed by atoms with van der Waals surface area (Å²) in [5, 5.41) is 13.2. The minimum atomic E-state index is 1.06. The lowest BCUT2D eigenvalue weighted by Gasteiger charge is -2.13. The van der Waals surface area contributed by atoms with Gasteiger partial charge in [-0.25, -0.2) is 4.57 Å². The van der Waals surface area contributed by atoms with E-state index in [1.165, 1.54) is 43.8 Å². The molecule has 0 amide bonds. The Labute approximate surface area is 163 Å². The maximum atomic E-state index is 4.09. The Hall–Kier alpha value is -3.59. The molecular formula is C25H20N3+. The van der Waals surface area contributed by atoms with Crippen LogP contribution in [0.15, 0.2) is 85.3 Å². The quantitative estimate of drug-likeness (QED) is 0.317. The van der Waals surface area contributed by atoms with E-state index in [1.807, 2.05) is 17.8 Å². The molecule has 28 heavy (non-hydrogen) atoms. The van der Waals surface area contributed by atoms with Crippen LogP contribution >= 0.6 is 0 Å². The summed E-state index contributed by atoms with van der Waals surface area (Å²) in [6.45, 7) is 2.14. The van der Waals surface area contributed by atoms with Gasteiger partial charge < -0.3 is 0 Å². The lowest BCUT2D eigenvalue weighted by atomic mass is 9.92. The zero-order valence-electron chi connectivity index (χ0n) is 15.9. The van der Waals surface area contributed by atoms with Crippen molar-refractivity contribution in [3.05, 3.63) is 90.9 Å². The molecule has 3 heteroatoms. The van der Waals surface area contributed by atoms with Crippen molar-refractivity contribution in [2.75, 3.05) is 0 Å². The van der Waals surface area contributed by atoms with Gasteiger partial charge >= 0.3 is 6.33 Å². The van der Waals surface area contributed by atoms with Crippen LogP contribution in [0.5, 0.6) is 0 Å². The first-order valence-corrected chi connectivity index (χ1v) is 9.40. The molecule has 0 fully saturated rings. The van der Waals surface area contributed by atoms with E-state index in [0.717, 1.165) is 5.69 Å². The van der Waals surface area contributed by atoms with Gasteiger partial charge in [-0.05, 0) is 56.3 Å². The summed E-state index contributed by atoms with van der Waals surface area (Å²) >= 11 is 0. The molecular weight excluding hydrogens is 342 g/mol. The van der Waals surface area contributed by atoms with E-state index in [-0.39, 0.29) is 0 Å². The second-order valence-corrected chi connectivity index (χ2v) is 7.19. The van der Waals surface area contributed by atoms with Gasteiger partial charge in [-0.1, -0.05) is 66.7 Å². The summed E-state index contributed by atoms with van der Waals surface area (Å²) < 4.78 is 2.01. The van der Waals surface area contributed by atoms with Crippen molar-refractivity contribution in [3.8, 4) is 22.4 Å². The molecule has 1 heterocycles. The Morgan fingerprint density at radius 3 is 2.46 bits per heavy atom. The van der Waals surface area contributed by atoms with Gasteiger partial charge in [0.1, 0.15) is 6.20 Å². The van der Waals surface area contributed by atoms with Gasteiger partial charge in [-0.3, -0.25) is 0 Å². The van der Waals surface area contributed by atoms with Crippen molar-refractivity contribution in [2.45, 2.75) is 6.92 Å². The topological polar surface area (TPSA) is 29.7 Å². The third-order valence-corrected chi connectivity index (χ3v) is 5.45. The van der Waals surface area contributed by atoms with Crippen LogP contribution in [-0.4, -0.2) is 10.2 Å². The summed E-state index contributed by atoms with van der Waals surface area (Å²) in [6.07, 6.45) is 3.57. The molecule has 0 radical (unpaired) electrons. The summed E-state index contributed by atoms with van der Waals surface area (Å²) in [4.78, 5) is 0. The highest BCUT2D eigenvalue weighted by Gasteiger charge is 2.14. The van der Waals surface area contributed by atoms with E-state index in [2.05, 4.69) is 89.9 Å². The minimum Gasteiger partial charge on any atom is -0.229 e. The van der Waals surface area contributed by atoms with Crippen LogP contribution in [0.2, 0.25) is 0 Å². The van der Waals surface area contributed by atoms with Gasteiger partial charge in [0.25, 0.3) is 0 Å². The number of benzene rings is 4. The number of fused-ring (bicyclic) bond motifs is 3. The van der Waals surface area contributed by atoms with Crippen molar-refractivity contribution in [3.63, 3.8) is 0 Å². The minimum absolute atomic E-state index is 1.06. The normalized spacial score (nSPS) is 11.2. The highest BCUT2D eigenvalue weighted by molar-refractivity contribution is 6.14. The molecule has 0 atom stereocenters. The maximum absolute atomic E-state index is 4.09. The van der Waals surface area contributed by atoms with Crippen LogP contribution in [0.4, 0.5) is 0 Å². The van der Waals surface area contributed by atoms with E-state index in [4.69, 9.17) is 0 Å². The lowest BCUT2D eigenvalue weighted by molar-refractivity contribution is -0.664. The second-order valence-electron chi connectivity index (χ2n) is 7.19. The standard InChI is InChI=1S/C25H20N3/c1-17-10-11-20(14-23(17)24-15-26-27-16-28(24)2)22-9-5-7-19-13-12-18-6-3-4-8-21(18)25(19)22/h3-16H,1-2H3/q+1. The van der Waals surface area contributed by atoms with E-state index in [1.54, 1.807) is 6.33 Å². The third-order valence-electron chi connectivity index (χ3n) is 5.45. The van der Waals surface area contributed by atoms with Crippen molar-refractivity contribution in [1.29, 1.82) is 0 Å². The van der Waals surface area contributed by atoms with Crippen LogP contribution in [0.25, 0.3) is 43.9 Å². The maximum Gasteiger partial charge on any atom is 0.314 e. The Morgan fingerprint density at radius 2 is 1.57 bits per heavy atom. The van der Waals surface area contributed by atoms with Crippen LogP contribution in [0.1, 0.15) is 5.56 Å². The number of hydrogen-bond acceptors (Lipinski definition) is 2.